The van der Waals surface area contributed by atoms with Crippen LogP contribution in [-0.4, -0.2) is 12.5 Å². The molecular formula is C15H13BrClNO. The summed E-state index contributed by atoms with van der Waals surface area (Å²) in [6.07, 6.45) is 0.791. The zero-order valence-electron chi connectivity index (χ0n) is 10.2. The lowest BCUT2D eigenvalue weighted by Gasteiger charge is -2.05. The van der Waals surface area contributed by atoms with Crippen LogP contribution in [-0.2, 0) is 6.42 Å². The summed E-state index contributed by atoms with van der Waals surface area (Å²) >= 11 is 9.16. The van der Waals surface area contributed by atoms with E-state index in [2.05, 4.69) is 21.2 Å². The quantitative estimate of drug-likeness (QED) is 0.894. The molecule has 0 aromatic heterocycles. The Morgan fingerprint density at radius 1 is 1.05 bits per heavy atom. The zero-order chi connectivity index (χ0) is 13.7. The standard InChI is InChI=1S/C15H13BrClNO/c16-13-5-3-12(4-6-13)15(19)18-10-9-11-1-7-14(17)8-2-11/h1-8H,9-10H2,(H,18,19). The molecule has 0 aliphatic heterocycles. The first-order chi connectivity index (χ1) is 9.15. The van der Waals surface area contributed by atoms with E-state index in [4.69, 9.17) is 11.6 Å². The van der Waals surface area contributed by atoms with Crippen molar-refractivity contribution in [3.8, 4) is 0 Å². The second-order valence-electron chi connectivity index (χ2n) is 4.14. The molecule has 1 N–H and O–H groups in total. The van der Waals surface area contributed by atoms with E-state index >= 15 is 0 Å². The molecule has 0 radical (unpaired) electrons. The summed E-state index contributed by atoms with van der Waals surface area (Å²) in [6, 6.07) is 14.9. The van der Waals surface area contributed by atoms with Gasteiger partial charge in [-0.3, -0.25) is 4.79 Å². The van der Waals surface area contributed by atoms with Crippen molar-refractivity contribution in [2.24, 2.45) is 0 Å². The Balaban J connectivity index is 1.84. The predicted octanol–water partition coefficient (Wildman–Crippen LogP) is 4.08. The van der Waals surface area contributed by atoms with Gasteiger partial charge in [-0.15, -0.1) is 0 Å². The molecule has 0 saturated heterocycles. The second-order valence-corrected chi connectivity index (χ2v) is 5.49. The van der Waals surface area contributed by atoms with E-state index in [1.165, 1.54) is 0 Å². The molecule has 0 atom stereocenters. The Bertz CT molecular complexity index is 551. The van der Waals surface area contributed by atoms with Crippen molar-refractivity contribution < 1.29 is 4.79 Å². The Labute approximate surface area is 125 Å². The van der Waals surface area contributed by atoms with E-state index in [1.807, 2.05) is 36.4 Å². The van der Waals surface area contributed by atoms with Crippen molar-refractivity contribution in [3.63, 3.8) is 0 Å². The maximum Gasteiger partial charge on any atom is 0.251 e. The van der Waals surface area contributed by atoms with Gasteiger partial charge in [0.2, 0.25) is 0 Å². The minimum absolute atomic E-state index is 0.0542. The van der Waals surface area contributed by atoms with E-state index in [9.17, 15) is 4.79 Å². The number of halogens is 2. The Morgan fingerprint density at radius 2 is 1.68 bits per heavy atom. The van der Waals surface area contributed by atoms with Crippen LogP contribution in [0.1, 0.15) is 15.9 Å². The first-order valence-electron chi connectivity index (χ1n) is 5.93. The zero-order valence-corrected chi connectivity index (χ0v) is 12.5. The fourth-order valence-corrected chi connectivity index (χ4v) is 2.07. The Morgan fingerprint density at radius 3 is 2.32 bits per heavy atom. The number of benzene rings is 2. The van der Waals surface area contributed by atoms with Crippen molar-refractivity contribution in [1.82, 2.24) is 5.32 Å². The number of hydrogen-bond acceptors (Lipinski definition) is 1. The summed E-state index contributed by atoms with van der Waals surface area (Å²) in [7, 11) is 0. The summed E-state index contributed by atoms with van der Waals surface area (Å²) in [6.45, 7) is 0.608. The highest BCUT2D eigenvalue weighted by Crippen LogP contribution is 2.11. The van der Waals surface area contributed by atoms with Crippen LogP contribution in [0.15, 0.2) is 53.0 Å². The molecule has 2 aromatic rings. The van der Waals surface area contributed by atoms with Gasteiger partial charge in [0.15, 0.2) is 0 Å². The Hall–Kier alpha value is -1.32. The van der Waals surface area contributed by atoms with Crippen molar-refractivity contribution in [1.29, 1.82) is 0 Å². The largest absolute Gasteiger partial charge is 0.352 e. The van der Waals surface area contributed by atoms with Gasteiger partial charge in [-0.2, -0.15) is 0 Å². The number of carbonyl (C=O) groups excluding carboxylic acids is 1. The molecule has 4 heteroatoms. The highest BCUT2D eigenvalue weighted by Gasteiger charge is 2.04. The minimum Gasteiger partial charge on any atom is -0.352 e. The van der Waals surface area contributed by atoms with E-state index in [1.54, 1.807) is 12.1 Å². The summed E-state index contributed by atoms with van der Waals surface area (Å²) in [4.78, 5) is 11.9. The minimum atomic E-state index is -0.0542. The van der Waals surface area contributed by atoms with Gasteiger partial charge in [-0.25, -0.2) is 0 Å². The third-order valence-corrected chi connectivity index (χ3v) is 3.50. The number of rotatable bonds is 4. The summed E-state index contributed by atoms with van der Waals surface area (Å²) in [5, 5.41) is 3.62. The molecule has 0 fully saturated rings. The van der Waals surface area contributed by atoms with Gasteiger partial charge in [0.1, 0.15) is 0 Å². The second kappa shape index (κ2) is 6.73. The van der Waals surface area contributed by atoms with Crippen molar-refractivity contribution >= 4 is 33.4 Å². The molecule has 98 valence electrons. The lowest BCUT2D eigenvalue weighted by atomic mass is 10.1. The highest BCUT2D eigenvalue weighted by molar-refractivity contribution is 9.10. The van der Waals surface area contributed by atoms with Gasteiger partial charge in [-0.05, 0) is 48.4 Å². The van der Waals surface area contributed by atoms with Crippen LogP contribution in [0.5, 0.6) is 0 Å². The Kier molecular flexibility index (Phi) is 5.00. The number of nitrogens with one attached hydrogen (secondary N) is 1. The molecule has 0 unspecified atom stereocenters. The van der Waals surface area contributed by atoms with Crippen molar-refractivity contribution in [2.45, 2.75) is 6.42 Å². The number of carbonyl (C=O) groups is 1. The summed E-state index contributed by atoms with van der Waals surface area (Å²) in [5.41, 5.74) is 1.82. The third-order valence-electron chi connectivity index (χ3n) is 2.72. The predicted molar refractivity (Wildman–Crippen MR) is 81.6 cm³/mol. The van der Waals surface area contributed by atoms with Crippen LogP contribution >= 0.6 is 27.5 Å². The number of amides is 1. The maximum atomic E-state index is 11.9. The average molecular weight is 339 g/mol. The maximum absolute atomic E-state index is 11.9. The lowest BCUT2D eigenvalue weighted by molar-refractivity contribution is 0.0954. The van der Waals surface area contributed by atoms with E-state index in [0.29, 0.717) is 12.1 Å². The highest BCUT2D eigenvalue weighted by atomic mass is 79.9. The molecule has 2 aromatic carbocycles. The van der Waals surface area contributed by atoms with Crippen molar-refractivity contribution in [2.75, 3.05) is 6.54 Å². The first kappa shape index (κ1) is 14.1. The van der Waals surface area contributed by atoms with Gasteiger partial charge in [0.25, 0.3) is 5.91 Å². The van der Waals surface area contributed by atoms with Gasteiger partial charge < -0.3 is 5.32 Å². The molecule has 2 rings (SSSR count). The van der Waals surface area contributed by atoms with Crippen LogP contribution in [0.2, 0.25) is 5.02 Å². The molecule has 1 amide bonds. The molecule has 0 bridgehead atoms. The van der Waals surface area contributed by atoms with Crippen LogP contribution in [0, 0.1) is 0 Å². The fraction of sp³-hybridized carbons (Fsp3) is 0.133. The fourth-order valence-electron chi connectivity index (χ4n) is 1.67. The van der Waals surface area contributed by atoms with Gasteiger partial charge >= 0.3 is 0 Å². The molecule has 2 nitrogen and oxygen atoms in total. The third kappa shape index (κ3) is 4.37. The molecular weight excluding hydrogens is 326 g/mol. The monoisotopic (exact) mass is 337 g/mol. The molecule has 0 saturated carbocycles. The van der Waals surface area contributed by atoms with Crippen LogP contribution in [0.3, 0.4) is 0 Å². The van der Waals surface area contributed by atoms with Crippen LogP contribution in [0.25, 0.3) is 0 Å². The first-order valence-corrected chi connectivity index (χ1v) is 7.10. The lowest BCUT2D eigenvalue weighted by Crippen LogP contribution is -2.25. The molecule has 0 heterocycles. The van der Waals surface area contributed by atoms with E-state index < -0.39 is 0 Å². The van der Waals surface area contributed by atoms with E-state index in [0.717, 1.165) is 21.5 Å². The molecule has 19 heavy (non-hydrogen) atoms. The van der Waals surface area contributed by atoms with Crippen molar-refractivity contribution in [3.05, 3.63) is 69.2 Å². The molecule has 0 aliphatic rings. The topological polar surface area (TPSA) is 29.1 Å². The van der Waals surface area contributed by atoms with Gasteiger partial charge in [0.05, 0.1) is 0 Å². The van der Waals surface area contributed by atoms with Crippen LogP contribution in [0.4, 0.5) is 0 Å². The normalized spacial score (nSPS) is 10.2. The number of hydrogen-bond donors (Lipinski definition) is 1. The SMILES string of the molecule is O=C(NCCc1ccc(Cl)cc1)c1ccc(Br)cc1. The summed E-state index contributed by atoms with van der Waals surface area (Å²) in [5.74, 6) is -0.0542. The molecule has 0 aliphatic carbocycles. The molecule has 0 spiro atoms. The summed E-state index contributed by atoms with van der Waals surface area (Å²) < 4.78 is 0.963. The van der Waals surface area contributed by atoms with E-state index in [-0.39, 0.29) is 5.91 Å². The van der Waals surface area contributed by atoms with Crippen LogP contribution < -0.4 is 5.32 Å². The van der Waals surface area contributed by atoms with Gasteiger partial charge in [-0.1, -0.05) is 39.7 Å². The van der Waals surface area contributed by atoms with Gasteiger partial charge in [0, 0.05) is 21.6 Å². The average Bonchev–Trinajstić information content (AvgIpc) is 2.41. The smallest absolute Gasteiger partial charge is 0.251 e.